The van der Waals surface area contributed by atoms with E-state index in [4.69, 9.17) is 37.8 Å². The lowest BCUT2D eigenvalue weighted by atomic mass is 9.77. The standard InChI is InChI=1S/C98H88N2O6Si2/c1-95(2,3)107(7,8)105-87-53-29-71(30-54-87)69-25-41-81(42-26-69)97-63-77-61-79-65-98(66-80(79)62-78(77)64-97,82-43-27-70(28-44-82)72-31-55-88(56-32-72)106-108(9,10)96(4,5)6)68-100-94-91-23-20-24-92(94)76-39-51-86(52-40-76)104-60-18-14-12-16-58-102-84-47-35-74(36-48-84)90-22-19-21-89(93(90)99-67-97)73-33-45-83(46-34-73)101-57-15-11-13-17-59-103-85-49-37-75(91)38-50-85/h19-56,61-62,67-68H,57-60,63-66H2,1-10H3. The predicted molar refractivity (Wildman–Crippen MR) is 448 cm³/mol. The van der Waals surface area contributed by atoms with Crippen LogP contribution in [0.3, 0.4) is 0 Å². The molecule has 0 radical (unpaired) electrons. The predicted octanol–water partition coefficient (Wildman–Crippen LogP) is 22.9. The van der Waals surface area contributed by atoms with Crippen molar-refractivity contribution in [3.05, 3.63) is 276 Å². The summed E-state index contributed by atoms with van der Waals surface area (Å²) in [6.07, 6.45) is 7.47. The summed E-state index contributed by atoms with van der Waals surface area (Å²) in [5.41, 5.74) is 20.6. The Morgan fingerprint density at radius 3 is 0.806 bits per heavy atom. The van der Waals surface area contributed by atoms with Gasteiger partial charge in [0.25, 0.3) is 0 Å². The number of hydrogen-bond acceptors (Lipinski definition) is 8. The third-order valence-corrected chi connectivity index (χ3v) is 31.3. The summed E-state index contributed by atoms with van der Waals surface area (Å²) in [7, 11) is -4.09. The fraction of sp³-hybridized carbons (Fsp3) is 0.224. The first-order valence-electron chi connectivity index (χ1n) is 37.3. The number of para-hydroxylation sites is 2. The van der Waals surface area contributed by atoms with Crippen molar-refractivity contribution in [3.63, 3.8) is 0 Å². The zero-order chi connectivity index (χ0) is 74.7. The molecule has 10 heteroatoms. The number of rotatable bonds is 8. The molecule has 0 N–H and O–H groups in total. The van der Waals surface area contributed by atoms with E-state index >= 15 is 0 Å². The largest absolute Gasteiger partial charge is 0.544 e. The van der Waals surface area contributed by atoms with Gasteiger partial charge in [-0.05, 0) is 260 Å². The maximum atomic E-state index is 6.75. The first-order chi connectivity index (χ1) is 52.1. The Kier molecular flexibility index (Phi) is 19.9. The summed E-state index contributed by atoms with van der Waals surface area (Å²) in [5.74, 6) is 28.7. The van der Waals surface area contributed by atoms with E-state index in [1.54, 1.807) is 0 Å². The molecule has 534 valence electrons. The van der Waals surface area contributed by atoms with Crippen molar-refractivity contribution >= 4 is 40.4 Å². The molecular weight excluding hydrogens is 1360 g/mol. The average Bonchev–Trinajstić information content (AvgIpc) is 1.57. The van der Waals surface area contributed by atoms with Gasteiger partial charge in [-0.2, -0.15) is 0 Å². The molecule has 0 fully saturated rings. The molecule has 10 heterocycles. The van der Waals surface area contributed by atoms with Gasteiger partial charge in [0.05, 0.1) is 11.4 Å². The molecule has 0 saturated carbocycles. The SMILES string of the molecule is CC(C)(C)[Si](C)(C)Oc1ccc(-c2ccc(C34C=Nc5c6cccc5-c5ccc(cc5)OCC#CC#CCOc5ccc(cc5)-c5cccc(c5N=CC5(c7ccc(-c8ccc(O[Si](C)(C)C(C)(C)C)cc8)cc7)Cc7cc(c(cc7C5)C3)C4)-c3ccc(cc3)OCC#CC#CCOc3ccc-6cc3)cc2)cc1. The molecule has 0 saturated heterocycles. The minimum atomic E-state index is -2.05. The normalized spacial score (nSPS) is 16.6. The minimum absolute atomic E-state index is 0.0795. The Labute approximate surface area is 639 Å². The van der Waals surface area contributed by atoms with Crippen molar-refractivity contribution in [1.82, 2.24) is 0 Å². The highest BCUT2D eigenvalue weighted by Gasteiger charge is 2.44. The van der Waals surface area contributed by atoms with Gasteiger partial charge in [0, 0.05) is 45.5 Å². The van der Waals surface area contributed by atoms with Crippen LogP contribution >= 0.6 is 0 Å². The summed E-state index contributed by atoms with van der Waals surface area (Å²) in [6.45, 7) is 23.5. The Morgan fingerprint density at radius 1 is 0.315 bits per heavy atom. The fourth-order valence-corrected chi connectivity index (χ4v) is 16.4. The van der Waals surface area contributed by atoms with Crippen LogP contribution < -0.4 is 27.8 Å². The van der Waals surface area contributed by atoms with E-state index in [0.29, 0.717) is 23.0 Å². The van der Waals surface area contributed by atoms with E-state index in [9.17, 15) is 0 Å². The van der Waals surface area contributed by atoms with E-state index in [1.165, 1.54) is 33.4 Å². The second-order valence-electron chi connectivity index (χ2n) is 31.7. The number of ether oxygens (including phenoxy) is 4. The second kappa shape index (κ2) is 29.9. The molecule has 23 rings (SSSR count). The van der Waals surface area contributed by atoms with Gasteiger partial charge in [-0.3, -0.25) is 9.98 Å². The summed E-state index contributed by atoms with van der Waals surface area (Å²) < 4.78 is 38.2. The molecule has 0 amide bonds. The van der Waals surface area contributed by atoms with Crippen molar-refractivity contribution in [2.45, 2.75) is 114 Å². The van der Waals surface area contributed by atoms with Crippen LogP contribution in [-0.4, -0.2) is 55.5 Å². The molecule has 108 heavy (non-hydrogen) atoms. The Bertz CT molecular complexity index is 4960. The van der Waals surface area contributed by atoms with Crippen LogP contribution in [0.1, 0.15) is 74.9 Å². The molecule has 11 aromatic rings. The molecular formula is C98H88N2O6Si2. The van der Waals surface area contributed by atoms with Crippen molar-refractivity contribution in [3.8, 4) is 149 Å². The highest BCUT2D eigenvalue weighted by molar-refractivity contribution is 6.75. The molecule has 0 spiro atoms. The lowest BCUT2D eigenvalue weighted by molar-refractivity contribution is 0.370. The number of hydrogen-bond donors (Lipinski definition) is 0. The fourth-order valence-electron chi connectivity index (χ4n) is 14.4. The van der Waals surface area contributed by atoms with Crippen molar-refractivity contribution < 1.29 is 27.8 Å². The number of nitrogens with zero attached hydrogens (tertiary/aromatic N) is 2. The van der Waals surface area contributed by atoms with E-state index < -0.39 is 27.5 Å². The Balaban J connectivity index is 0.890. The zero-order valence-corrected chi connectivity index (χ0v) is 65.2. The quantitative estimate of drug-likeness (QED) is 0.111. The Hall–Kier alpha value is -11.8. The maximum Gasteiger partial charge on any atom is 0.250 e. The summed E-state index contributed by atoms with van der Waals surface area (Å²) >= 11 is 0. The van der Waals surface area contributed by atoms with Crippen LogP contribution in [0, 0.1) is 47.4 Å². The van der Waals surface area contributed by atoms with Crippen LogP contribution in [0.25, 0.3) is 66.8 Å². The van der Waals surface area contributed by atoms with Crippen molar-refractivity contribution in [2.75, 3.05) is 26.4 Å². The van der Waals surface area contributed by atoms with Gasteiger partial charge in [-0.1, -0.05) is 211 Å². The van der Waals surface area contributed by atoms with Gasteiger partial charge in [-0.15, -0.1) is 0 Å². The van der Waals surface area contributed by atoms with Crippen LogP contribution in [-0.2, 0) is 36.5 Å². The molecule has 16 bridgehead atoms. The topological polar surface area (TPSA) is 80.1 Å². The molecule has 12 aliphatic rings. The maximum absolute atomic E-state index is 6.75. The molecule has 8 nitrogen and oxygen atoms in total. The van der Waals surface area contributed by atoms with E-state index in [-0.39, 0.29) is 36.5 Å². The molecule has 2 aliphatic carbocycles. The van der Waals surface area contributed by atoms with Gasteiger partial charge >= 0.3 is 0 Å². The number of benzene rings is 11. The third kappa shape index (κ3) is 15.5. The van der Waals surface area contributed by atoms with Gasteiger partial charge in [0.2, 0.25) is 16.6 Å². The van der Waals surface area contributed by atoms with Gasteiger partial charge < -0.3 is 27.8 Å². The third-order valence-electron chi connectivity index (χ3n) is 22.5. The van der Waals surface area contributed by atoms with Crippen LogP contribution in [0.4, 0.5) is 11.4 Å². The number of aliphatic imine (C=N–C) groups is 2. The van der Waals surface area contributed by atoms with Crippen LogP contribution in [0.5, 0.6) is 34.5 Å². The monoisotopic (exact) mass is 1440 g/mol. The summed E-state index contributed by atoms with van der Waals surface area (Å²) in [6, 6.07) is 86.4. The summed E-state index contributed by atoms with van der Waals surface area (Å²) in [5, 5.41) is 0.159. The first kappa shape index (κ1) is 71.8. The minimum Gasteiger partial charge on any atom is -0.544 e. The van der Waals surface area contributed by atoms with Crippen LogP contribution in [0.2, 0.25) is 36.3 Å². The van der Waals surface area contributed by atoms with Gasteiger partial charge in [0.15, 0.2) is 0 Å². The van der Waals surface area contributed by atoms with Gasteiger partial charge in [-0.25, -0.2) is 0 Å². The summed E-state index contributed by atoms with van der Waals surface area (Å²) in [4.78, 5) is 11.7. The lowest BCUT2D eigenvalue weighted by Gasteiger charge is -2.36. The van der Waals surface area contributed by atoms with Crippen molar-refractivity contribution in [2.24, 2.45) is 9.98 Å². The average molecular weight is 1450 g/mol. The molecule has 10 aliphatic heterocycles. The highest BCUT2D eigenvalue weighted by Crippen LogP contribution is 2.50. The van der Waals surface area contributed by atoms with Crippen molar-refractivity contribution in [1.29, 1.82) is 0 Å². The van der Waals surface area contributed by atoms with Gasteiger partial charge in [0.1, 0.15) is 60.9 Å². The van der Waals surface area contributed by atoms with E-state index in [1.807, 2.05) is 48.5 Å². The smallest absolute Gasteiger partial charge is 0.250 e. The first-order valence-corrected chi connectivity index (χ1v) is 43.1. The second-order valence-corrected chi connectivity index (χ2v) is 41.2. The van der Waals surface area contributed by atoms with Crippen LogP contribution in [0.15, 0.2) is 253 Å². The zero-order valence-electron chi connectivity index (χ0n) is 63.2. The Morgan fingerprint density at radius 2 is 0.556 bits per heavy atom. The highest BCUT2D eigenvalue weighted by atomic mass is 28.4. The van der Waals surface area contributed by atoms with E-state index in [2.05, 4.69) is 322 Å². The lowest BCUT2D eigenvalue weighted by Crippen LogP contribution is -2.43. The molecule has 0 unspecified atom stereocenters. The number of fused-ring (bicyclic) bond motifs is 2. The molecule has 0 aromatic heterocycles. The molecule has 11 aromatic carbocycles. The van der Waals surface area contributed by atoms with E-state index in [0.717, 1.165) is 115 Å². The molecule has 0 atom stereocenters.